The topological polar surface area (TPSA) is 48.1 Å². The molecule has 0 bridgehead atoms. The highest BCUT2D eigenvalue weighted by Crippen LogP contribution is 2.38. The van der Waals surface area contributed by atoms with Crippen LogP contribution in [0.2, 0.25) is 0 Å². The number of nitrogens with two attached hydrogens (primary N) is 1. The first-order valence-corrected chi connectivity index (χ1v) is 7.61. The third kappa shape index (κ3) is 2.93. The highest BCUT2D eigenvalue weighted by atomic mass is 16.5. The van der Waals surface area contributed by atoms with Crippen LogP contribution in [0.15, 0.2) is 42.7 Å². The molecule has 1 aromatic heterocycles. The van der Waals surface area contributed by atoms with E-state index >= 15 is 0 Å². The van der Waals surface area contributed by atoms with Gasteiger partial charge in [0.15, 0.2) is 0 Å². The molecular formula is C18H22N2O. The highest BCUT2D eigenvalue weighted by Gasteiger charge is 2.23. The number of nitrogens with zero attached hydrogens (tertiary/aromatic N) is 1. The van der Waals surface area contributed by atoms with Crippen molar-refractivity contribution in [3.05, 3.63) is 59.4 Å². The van der Waals surface area contributed by atoms with Crippen LogP contribution in [0, 0.1) is 0 Å². The van der Waals surface area contributed by atoms with Crippen molar-refractivity contribution in [2.45, 2.75) is 37.6 Å². The Balaban J connectivity index is 1.81. The van der Waals surface area contributed by atoms with Gasteiger partial charge in [0, 0.05) is 17.8 Å². The average molecular weight is 282 g/mol. The van der Waals surface area contributed by atoms with Crippen molar-refractivity contribution in [2.24, 2.45) is 5.73 Å². The van der Waals surface area contributed by atoms with E-state index in [0.717, 1.165) is 17.7 Å². The molecule has 3 rings (SSSR count). The highest BCUT2D eigenvalue weighted by molar-refractivity contribution is 5.35. The van der Waals surface area contributed by atoms with Crippen LogP contribution >= 0.6 is 0 Å². The normalized spacial score (nSPS) is 18.9. The molecule has 2 N–H and O–H groups in total. The lowest BCUT2D eigenvalue weighted by atomic mass is 9.79. The van der Waals surface area contributed by atoms with Gasteiger partial charge in [0.1, 0.15) is 5.75 Å². The number of benzene rings is 1. The van der Waals surface area contributed by atoms with Gasteiger partial charge in [-0.25, -0.2) is 0 Å². The van der Waals surface area contributed by atoms with Gasteiger partial charge < -0.3 is 10.5 Å². The maximum absolute atomic E-state index is 6.45. The standard InChI is InChI=1S/C18H22N2O/c1-21-18-12-20-10-9-16(18)17(19)11-14-7-4-6-13-5-2-3-8-15(13)14/h2-3,5,8-10,12,14,17H,4,6-7,11,19H2,1H3. The molecule has 2 unspecified atom stereocenters. The number of methoxy groups -OCH3 is 1. The van der Waals surface area contributed by atoms with Crippen LogP contribution in [0.25, 0.3) is 0 Å². The second kappa shape index (κ2) is 6.27. The third-order valence-corrected chi connectivity index (χ3v) is 4.47. The first-order chi connectivity index (χ1) is 10.3. The Hall–Kier alpha value is -1.87. The van der Waals surface area contributed by atoms with Crippen molar-refractivity contribution in [3.63, 3.8) is 0 Å². The molecule has 0 saturated carbocycles. The summed E-state index contributed by atoms with van der Waals surface area (Å²) in [5, 5.41) is 0. The Bertz CT molecular complexity index is 612. The summed E-state index contributed by atoms with van der Waals surface area (Å²) in [6.07, 6.45) is 8.15. The second-order valence-corrected chi connectivity index (χ2v) is 5.75. The van der Waals surface area contributed by atoms with Gasteiger partial charge in [-0.1, -0.05) is 24.3 Å². The molecule has 0 fully saturated rings. The van der Waals surface area contributed by atoms with Crippen molar-refractivity contribution in [1.29, 1.82) is 0 Å². The number of hydrogen-bond acceptors (Lipinski definition) is 3. The van der Waals surface area contributed by atoms with Gasteiger partial charge in [0.2, 0.25) is 0 Å². The summed E-state index contributed by atoms with van der Waals surface area (Å²) in [6, 6.07) is 10.7. The van der Waals surface area contributed by atoms with E-state index in [1.807, 2.05) is 6.07 Å². The molecule has 110 valence electrons. The van der Waals surface area contributed by atoms with E-state index in [2.05, 4.69) is 29.2 Å². The fourth-order valence-corrected chi connectivity index (χ4v) is 3.40. The first kappa shape index (κ1) is 14.1. The van der Waals surface area contributed by atoms with Gasteiger partial charge in [-0.15, -0.1) is 0 Å². The Kier molecular flexibility index (Phi) is 4.20. The average Bonchev–Trinajstić information content (AvgIpc) is 2.55. The minimum atomic E-state index is -0.0147. The molecule has 1 aliphatic carbocycles. The first-order valence-electron chi connectivity index (χ1n) is 7.61. The monoisotopic (exact) mass is 282 g/mol. The lowest BCUT2D eigenvalue weighted by Crippen LogP contribution is -2.18. The molecule has 0 aliphatic heterocycles. The zero-order chi connectivity index (χ0) is 14.7. The molecule has 3 nitrogen and oxygen atoms in total. The van der Waals surface area contributed by atoms with Gasteiger partial charge >= 0.3 is 0 Å². The van der Waals surface area contributed by atoms with Crippen LogP contribution < -0.4 is 10.5 Å². The Labute approximate surface area is 126 Å². The number of aryl methyl sites for hydroxylation is 1. The maximum atomic E-state index is 6.45. The van der Waals surface area contributed by atoms with Gasteiger partial charge in [-0.3, -0.25) is 4.98 Å². The zero-order valence-corrected chi connectivity index (χ0v) is 12.5. The maximum Gasteiger partial charge on any atom is 0.141 e. The molecule has 0 amide bonds. The van der Waals surface area contributed by atoms with Crippen LogP contribution in [-0.4, -0.2) is 12.1 Å². The number of pyridine rings is 1. The quantitative estimate of drug-likeness (QED) is 0.932. The van der Waals surface area contributed by atoms with Crippen molar-refractivity contribution in [1.82, 2.24) is 4.98 Å². The lowest BCUT2D eigenvalue weighted by molar-refractivity contribution is 0.396. The number of ether oxygens (including phenoxy) is 1. The van der Waals surface area contributed by atoms with Crippen molar-refractivity contribution in [3.8, 4) is 5.75 Å². The minimum absolute atomic E-state index is 0.0147. The summed E-state index contributed by atoms with van der Waals surface area (Å²) >= 11 is 0. The Morgan fingerprint density at radius 3 is 3.05 bits per heavy atom. The molecule has 0 radical (unpaired) electrons. The smallest absolute Gasteiger partial charge is 0.141 e. The molecule has 21 heavy (non-hydrogen) atoms. The molecular weight excluding hydrogens is 260 g/mol. The van der Waals surface area contributed by atoms with Crippen LogP contribution in [0.5, 0.6) is 5.75 Å². The zero-order valence-electron chi connectivity index (χ0n) is 12.5. The van der Waals surface area contributed by atoms with E-state index in [4.69, 9.17) is 10.5 Å². The van der Waals surface area contributed by atoms with E-state index < -0.39 is 0 Å². The lowest BCUT2D eigenvalue weighted by Gasteiger charge is -2.28. The van der Waals surface area contributed by atoms with Crippen LogP contribution in [0.4, 0.5) is 0 Å². The molecule has 1 aliphatic rings. The predicted octanol–water partition coefficient (Wildman–Crippen LogP) is 3.60. The molecule has 1 aromatic carbocycles. The van der Waals surface area contributed by atoms with E-state index in [-0.39, 0.29) is 6.04 Å². The predicted molar refractivity (Wildman–Crippen MR) is 84.5 cm³/mol. The molecule has 0 saturated heterocycles. The van der Waals surface area contributed by atoms with Crippen molar-refractivity contribution >= 4 is 0 Å². The number of hydrogen-bond donors (Lipinski definition) is 1. The van der Waals surface area contributed by atoms with Crippen LogP contribution in [0.1, 0.15) is 47.9 Å². The molecule has 1 heterocycles. The molecule has 2 atom stereocenters. The fourth-order valence-electron chi connectivity index (χ4n) is 3.40. The molecule has 3 heteroatoms. The van der Waals surface area contributed by atoms with Gasteiger partial charge in [-0.2, -0.15) is 0 Å². The third-order valence-electron chi connectivity index (χ3n) is 4.47. The Morgan fingerprint density at radius 2 is 2.19 bits per heavy atom. The van der Waals surface area contributed by atoms with E-state index in [1.54, 1.807) is 19.5 Å². The summed E-state index contributed by atoms with van der Waals surface area (Å²) in [7, 11) is 1.67. The summed E-state index contributed by atoms with van der Waals surface area (Å²) in [5.41, 5.74) is 10.5. The largest absolute Gasteiger partial charge is 0.495 e. The van der Waals surface area contributed by atoms with Gasteiger partial charge in [0.05, 0.1) is 13.3 Å². The number of rotatable bonds is 4. The molecule has 0 spiro atoms. The van der Waals surface area contributed by atoms with E-state index in [0.29, 0.717) is 5.92 Å². The number of aromatic nitrogens is 1. The fraction of sp³-hybridized carbons (Fsp3) is 0.389. The van der Waals surface area contributed by atoms with Gasteiger partial charge in [-0.05, 0) is 48.8 Å². The summed E-state index contributed by atoms with van der Waals surface area (Å²) in [5.74, 6) is 1.33. The summed E-state index contributed by atoms with van der Waals surface area (Å²) in [6.45, 7) is 0. The van der Waals surface area contributed by atoms with Crippen molar-refractivity contribution < 1.29 is 4.74 Å². The second-order valence-electron chi connectivity index (χ2n) is 5.75. The summed E-state index contributed by atoms with van der Waals surface area (Å²) in [4.78, 5) is 4.10. The number of fused-ring (bicyclic) bond motifs is 1. The van der Waals surface area contributed by atoms with Crippen LogP contribution in [-0.2, 0) is 6.42 Å². The van der Waals surface area contributed by atoms with Crippen molar-refractivity contribution in [2.75, 3.05) is 7.11 Å². The van der Waals surface area contributed by atoms with E-state index in [1.165, 1.54) is 30.4 Å². The molecule has 2 aromatic rings. The summed E-state index contributed by atoms with van der Waals surface area (Å²) < 4.78 is 5.38. The van der Waals surface area contributed by atoms with Gasteiger partial charge in [0.25, 0.3) is 0 Å². The van der Waals surface area contributed by atoms with E-state index in [9.17, 15) is 0 Å². The minimum Gasteiger partial charge on any atom is -0.495 e. The van der Waals surface area contributed by atoms with Crippen LogP contribution in [0.3, 0.4) is 0 Å². The Morgan fingerprint density at radius 1 is 1.33 bits per heavy atom. The SMILES string of the molecule is COc1cnccc1C(N)CC1CCCc2ccccc21.